The summed E-state index contributed by atoms with van der Waals surface area (Å²) < 4.78 is 14.1. The third-order valence-corrected chi connectivity index (χ3v) is 1.57. The zero-order chi connectivity index (χ0) is 11.0. The number of carbonyl (C=O) groups is 2. The molecule has 0 amide bonds. The lowest BCUT2D eigenvalue weighted by molar-refractivity contribution is -0.158. The molecule has 0 aliphatic rings. The summed E-state index contributed by atoms with van der Waals surface area (Å²) in [5, 5.41) is 0. The summed E-state index contributed by atoms with van der Waals surface area (Å²) in [5.74, 6) is -0.644. The van der Waals surface area contributed by atoms with Crippen molar-refractivity contribution < 1.29 is 23.8 Å². The first-order chi connectivity index (χ1) is 6.65. The Bertz CT molecular complexity index is 186. The highest BCUT2D eigenvalue weighted by Gasteiger charge is 2.17. The highest BCUT2D eigenvalue weighted by molar-refractivity contribution is 5.85. The van der Waals surface area contributed by atoms with Crippen LogP contribution in [0.4, 0.5) is 0 Å². The van der Waals surface area contributed by atoms with Crippen LogP contribution in [0.3, 0.4) is 0 Å². The van der Waals surface area contributed by atoms with Crippen LogP contribution < -0.4 is 0 Å². The predicted molar refractivity (Wildman–Crippen MR) is 48.7 cm³/mol. The Hall–Kier alpha value is -0.940. The molecular formula is C9H16O5. The van der Waals surface area contributed by atoms with Crippen LogP contribution in [0.1, 0.15) is 19.8 Å². The fraction of sp³-hybridized carbons (Fsp3) is 0.778. The Morgan fingerprint density at radius 1 is 1.14 bits per heavy atom. The van der Waals surface area contributed by atoms with Gasteiger partial charge in [0, 0.05) is 20.6 Å². The van der Waals surface area contributed by atoms with Crippen molar-refractivity contribution in [2.75, 3.05) is 20.8 Å². The third kappa shape index (κ3) is 4.94. The van der Waals surface area contributed by atoms with E-state index in [2.05, 4.69) is 4.74 Å². The van der Waals surface area contributed by atoms with E-state index in [9.17, 15) is 9.59 Å². The van der Waals surface area contributed by atoms with Crippen molar-refractivity contribution in [2.45, 2.75) is 26.1 Å². The lowest BCUT2D eigenvalue weighted by atomic mass is 10.2. The monoisotopic (exact) mass is 204 g/mol. The van der Waals surface area contributed by atoms with Gasteiger partial charge in [0.05, 0.1) is 13.0 Å². The predicted octanol–water partition coefficient (Wildman–Crippen LogP) is 0.518. The molecule has 5 heteroatoms. The van der Waals surface area contributed by atoms with E-state index in [-0.39, 0.29) is 24.6 Å². The average Bonchev–Trinajstić information content (AvgIpc) is 2.17. The number of carbonyl (C=O) groups excluding carboxylic acids is 2. The van der Waals surface area contributed by atoms with Gasteiger partial charge in [0.25, 0.3) is 0 Å². The maximum absolute atomic E-state index is 11.3. The number of hydrogen-bond acceptors (Lipinski definition) is 5. The molecule has 0 aromatic carbocycles. The molecule has 0 rings (SSSR count). The Balaban J connectivity index is 3.77. The number of Topliss-reactive ketones (excluding diaryl/α,β-unsaturated/α-hetero) is 1. The van der Waals surface area contributed by atoms with Gasteiger partial charge in [0.1, 0.15) is 0 Å². The summed E-state index contributed by atoms with van der Waals surface area (Å²) >= 11 is 0. The van der Waals surface area contributed by atoms with Gasteiger partial charge in [0.2, 0.25) is 6.29 Å². The molecule has 0 aromatic heterocycles. The fourth-order valence-corrected chi connectivity index (χ4v) is 0.935. The summed E-state index contributed by atoms with van der Waals surface area (Å²) in [5.41, 5.74) is 0. The van der Waals surface area contributed by atoms with Crippen LogP contribution in [-0.2, 0) is 23.8 Å². The second-order valence-corrected chi connectivity index (χ2v) is 2.57. The Morgan fingerprint density at radius 3 is 2.14 bits per heavy atom. The van der Waals surface area contributed by atoms with E-state index in [1.54, 1.807) is 6.92 Å². The van der Waals surface area contributed by atoms with Gasteiger partial charge in [-0.1, -0.05) is 0 Å². The Labute approximate surface area is 83.3 Å². The molecule has 0 saturated carbocycles. The minimum absolute atomic E-state index is 0.0654. The first-order valence-electron chi connectivity index (χ1n) is 4.39. The summed E-state index contributed by atoms with van der Waals surface area (Å²) in [6, 6.07) is 0. The second kappa shape index (κ2) is 7.46. The largest absolute Gasteiger partial charge is 0.466 e. The molecule has 0 radical (unpaired) electrons. The van der Waals surface area contributed by atoms with Crippen molar-refractivity contribution in [3.63, 3.8) is 0 Å². The number of hydrogen-bond donors (Lipinski definition) is 0. The maximum Gasteiger partial charge on any atom is 0.306 e. The number of esters is 1. The standard InChI is InChI=1S/C9H16O5/c1-4-14-8(11)6-5-7(10)9(12-2)13-3/h9H,4-6H2,1-3H3. The van der Waals surface area contributed by atoms with Crippen molar-refractivity contribution in [2.24, 2.45) is 0 Å². The quantitative estimate of drug-likeness (QED) is 0.447. The van der Waals surface area contributed by atoms with Crippen LogP contribution >= 0.6 is 0 Å². The molecule has 0 N–H and O–H groups in total. The minimum Gasteiger partial charge on any atom is -0.466 e. The summed E-state index contributed by atoms with van der Waals surface area (Å²) in [7, 11) is 2.74. The third-order valence-electron chi connectivity index (χ3n) is 1.57. The zero-order valence-electron chi connectivity index (χ0n) is 8.74. The molecule has 0 aromatic rings. The van der Waals surface area contributed by atoms with Crippen LogP contribution in [0.5, 0.6) is 0 Å². The van der Waals surface area contributed by atoms with E-state index < -0.39 is 6.29 Å². The van der Waals surface area contributed by atoms with E-state index in [0.717, 1.165) is 0 Å². The molecular weight excluding hydrogens is 188 g/mol. The number of methoxy groups -OCH3 is 2. The lowest BCUT2D eigenvalue weighted by Gasteiger charge is -2.11. The highest BCUT2D eigenvalue weighted by Crippen LogP contribution is 2.01. The molecule has 5 nitrogen and oxygen atoms in total. The van der Waals surface area contributed by atoms with E-state index in [4.69, 9.17) is 9.47 Å². The van der Waals surface area contributed by atoms with Crippen molar-refractivity contribution in [3.8, 4) is 0 Å². The zero-order valence-corrected chi connectivity index (χ0v) is 8.74. The molecule has 0 saturated heterocycles. The van der Waals surface area contributed by atoms with Gasteiger partial charge in [0.15, 0.2) is 5.78 Å². The Morgan fingerprint density at radius 2 is 1.71 bits per heavy atom. The van der Waals surface area contributed by atoms with Gasteiger partial charge >= 0.3 is 5.97 Å². The van der Waals surface area contributed by atoms with Gasteiger partial charge in [-0.05, 0) is 6.92 Å². The molecule has 14 heavy (non-hydrogen) atoms. The van der Waals surface area contributed by atoms with E-state index >= 15 is 0 Å². The maximum atomic E-state index is 11.3. The van der Waals surface area contributed by atoms with Crippen molar-refractivity contribution >= 4 is 11.8 Å². The lowest BCUT2D eigenvalue weighted by Crippen LogP contribution is -2.25. The van der Waals surface area contributed by atoms with Crippen LogP contribution in [0, 0.1) is 0 Å². The van der Waals surface area contributed by atoms with Crippen molar-refractivity contribution in [1.29, 1.82) is 0 Å². The first-order valence-corrected chi connectivity index (χ1v) is 4.39. The summed E-state index contributed by atoms with van der Waals surface area (Å²) in [6.45, 7) is 2.04. The van der Waals surface area contributed by atoms with Crippen molar-refractivity contribution in [3.05, 3.63) is 0 Å². The highest BCUT2D eigenvalue weighted by atomic mass is 16.7. The average molecular weight is 204 g/mol. The van der Waals surface area contributed by atoms with Gasteiger partial charge < -0.3 is 14.2 Å². The van der Waals surface area contributed by atoms with E-state index in [1.165, 1.54) is 14.2 Å². The van der Waals surface area contributed by atoms with Crippen LogP contribution in [-0.4, -0.2) is 38.9 Å². The van der Waals surface area contributed by atoms with E-state index in [0.29, 0.717) is 6.61 Å². The summed E-state index contributed by atoms with van der Waals surface area (Å²) in [4.78, 5) is 22.1. The molecule has 0 aliphatic heterocycles. The van der Waals surface area contributed by atoms with Gasteiger partial charge in [-0.3, -0.25) is 9.59 Å². The second-order valence-electron chi connectivity index (χ2n) is 2.57. The van der Waals surface area contributed by atoms with Crippen LogP contribution in [0.2, 0.25) is 0 Å². The topological polar surface area (TPSA) is 61.8 Å². The molecule has 82 valence electrons. The molecule has 0 heterocycles. The summed E-state index contributed by atoms with van der Waals surface area (Å²) in [6.07, 6.45) is -0.745. The molecule has 0 fully saturated rings. The molecule has 0 unspecified atom stereocenters. The van der Waals surface area contributed by atoms with E-state index in [1.807, 2.05) is 0 Å². The molecule has 0 atom stereocenters. The van der Waals surface area contributed by atoms with Crippen LogP contribution in [0.15, 0.2) is 0 Å². The molecule has 0 bridgehead atoms. The smallest absolute Gasteiger partial charge is 0.306 e. The SMILES string of the molecule is CCOC(=O)CCC(=O)C(OC)OC. The molecule has 0 aliphatic carbocycles. The van der Waals surface area contributed by atoms with Crippen LogP contribution in [0.25, 0.3) is 0 Å². The fourth-order valence-electron chi connectivity index (χ4n) is 0.935. The normalized spacial score (nSPS) is 10.3. The number of ketones is 1. The van der Waals surface area contributed by atoms with Crippen molar-refractivity contribution in [1.82, 2.24) is 0 Å². The van der Waals surface area contributed by atoms with Gasteiger partial charge in [-0.2, -0.15) is 0 Å². The minimum atomic E-state index is -0.885. The number of ether oxygens (including phenoxy) is 3. The van der Waals surface area contributed by atoms with Gasteiger partial charge in [-0.25, -0.2) is 0 Å². The number of rotatable bonds is 7. The Kier molecular flexibility index (Phi) is 6.96. The van der Waals surface area contributed by atoms with Gasteiger partial charge in [-0.15, -0.1) is 0 Å². The molecule has 0 spiro atoms. The first kappa shape index (κ1) is 13.1.